The molecule has 0 aliphatic rings. The highest BCUT2D eigenvalue weighted by Gasteiger charge is 2.06. The zero-order chi connectivity index (χ0) is 16.4. The molecule has 0 heterocycles. The van der Waals surface area contributed by atoms with E-state index in [9.17, 15) is 4.79 Å². The lowest BCUT2D eigenvalue weighted by Gasteiger charge is -2.17. The molecule has 1 aromatic rings. The molecule has 0 aliphatic heterocycles. The molecule has 7 heteroatoms. The van der Waals surface area contributed by atoms with Crippen molar-refractivity contribution < 1.29 is 9.53 Å². The third-order valence-corrected chi connectivity index (χ3v) is 3.15. The number of rotatable bonds is 7. The number of methoxy groups -OCH3 is 1. The number of amides is 1. The molecule has 0 fully saturated rings. The predicted octanol–water partition coefficient (Wildman–Crippen LogP) is 1.41. The summed E-state index contributed by atoms with van der Waals surface area (Å²) >= 11 is 0. The second kappa shape index (κ2) is 12.1. The molecule has 0 spiro atoms. The number of nitrogens with zero attached hydrogens (tertiary/aromatic N) is 1. The SMILES string of the molecule is CN=C(NCCc1cccc(C(=O)NC)c1)NC(C)COC.I. The number of halogens is 1. The van der Waals surface area contributed by atoms with E-state index in [0.29, 0.717) is 12.2 Å². The van der Waals surface area contributed by atoms with E-state index in [1.807, 2.05) is 31.2 Å². The van der Waals surface area contributed by atoms with Gasteiger partial charge >= 0.3 is 0 Å². The highest BCUT2D eigenvalue weighted by atomic mass is 127. The van der Waals surface area contributed by atoms with Crippen molar-refractivity contribution in [1.29, 1.82) is 0 Å². The molecule has 1 atom stereocenters. The third-order valence-electron chi connectivity index (χ3n) is 3.15. The summed E-state index contributed by atoms with van der Waals surface area (Å²) < 4.78 is 5.09. The fraction of sp³-hybridized carbons (Fsp3) is 0.500. The highest BCUT2D eigenvalue weighted by Crippen LogP contribution is 2.05. The molecule has 0 saturated carbocycles. The molecular weight excluding hydrogens is 407 g/mol. The maximum Gasteiger partial charge on any atom is 0.251 e. The first kappa shape index (κ1) is 21.6. The number of hydrogen-bond donors (Lipinski definition) is 3. The number of nitrogens with one attached hydrogen (secondary N) is 3. The summed E-state index contributed by atoms with van der Waals surface area (Å²) in [5.74, 6) is 0.674. The van der Waals surface area contributed by atoms with Gasteiger partial charge in [0.1, 0.15) is 0 Å². The minimum absolute atomic E-state index is 0. The zero-order valence-electron chi connectivity index (χ0n) is 14.2. The van der Waals surface area contributed by atoms with E-state index >= 15 is 0 Å². The summed E-state index contributed by atoms with van der Waals surface area (Å²) in [4.78, 5) is 15.8. The van der Waals surface area contributed by atoms with Crippen LogP contribution in [0.2, 0.25) is 0 Å². The van der Waals surface area contributed by atoms with E-state index in [1.54, 1.807) is 21.2 Å². The molecule has 23 heavy (non-hydrogen) atoms. The van der Waals surface area contributed by atoms with Crippen molar-refractivity contribution in [2.75, 3.05) is 34.4 Å². The summed E-state index contributed by atoms with van der Waals surface area (Å²) in [6.07, 6.45) is 0.810. The van der Waals surface area contributed by atoms with Gasteiger partial charge in [-0.1, -0.05) is 12.1 Å². The van der Waals surface area contributed by atoms with Crippen molar-refractivity contribution in [3.05, 3.63) is 35.4 Å². The van der Waals surface area contributed by atoms with E-state index in [1.165, 1.54) is 0 Å². The Bertz CT molecular complexity index is 509. The van der Waals surface area contributed by atoms with Crippen LogP contribution in [0, 0.1) is 0 Å². The molecule has 0 bridgehead atoms. The van der Waals surface area contributed by atoms with Crippen molar-refractivity contribution in [2.45, 2.75) is 19.4 Å². The van der Waals surface area contributed by atoms with Crippen LogP contribution >= 0.6 is 24.0 Å². The quantitative estimate of drug-likeness (QED) is 0.345. The van der Waals surface area contributed by atoms with Crippen LogP contribution in [0.3, 0.4) is 0 Å². The fourth-order valence-electron chi connectivity index (χ4n) is 2.06. The smallest absolute Gasteiger partial charge is 0.251 e. The van der Waals surface area contributed by atoms with Gasteiger partial charge in [0.25, 0.3) is 5.91 Å². The minimum atomic E-state index is -0.0688. The molecular formula is C16H27IN4O2. The Labute approximate surface area is 155 Å². The summed E-state index contributed by atoms with van der Waals surface area (Å²) in [7, 11) is 5.04. The Morgan fingerprint density at radius 2 is 2.13 bits per heavy atom. The second-order valence-corrected chi connectivity index (χ2v) is 5.03. The standard InChI is InChI=1S/C16H26N4O2.HI/c1-12(11-22-4)20-16(18-3)19-9-8-13-6-5-7-14(10-13)15(21)17-2;/h5-7,10,12H,8-9,11H2,1-4H3,(H,17,21)(H2,18,19,20);1H. The van der Waals surface area contributed by atoms with E-state index < -0.39 is 0 Å². The maximum atomic E-state index is 11.6. The number of aliphatic imine (C=N–C) groups is 1. The van der Waals surface area contributed by atoms with Crippen molar-refractivity contribution in [2.24, 2.45) is 4.99 Å². The van der Waals surface area contributed by atoms with Crippen molar-refractivity contribution in [1.82, 2.24) is 16.0 Å². The molecule has 1 rings (SSSR count). The predicted molar refractivity (Wildman–Crippen MR) is 105 cm³/mol. The highest BCUT2D eigenvalue weighted by molar-refractivity contribution is 14.0. The van der Waals surface area contributed by atoms with E-state index in [-0.39, 0.29) is 35.9 Å². The first-order chi connectivity index (χ1) is 10.6. The minimum Gasteiger partial charge on any atom is -0.383 e. The lowest BCUT2D eigenvalue weighted by molar-refractivity contribution is 0.0963. The second-order valence-electron chi connectivity index (χ2n) is 5.03. The number of carbonyl (C=O) groups is 1. The van der Waals surface area contributed by atoms with Crippen LogP contribution in [-0.4, -0.2) is 52.3 Å². The topological polar surface area (TPSA) is 74.8 Å². The monoisotopic (exact) mass is 434 g/mol. The van der Waals surface area contributed by atoms with Crippen molar-refractivity contribution in [3.63, 3.8) is 0 Å². The van der Waals surface area contributed by atoms with Gasteiger partial charge in [-0.15, -0.1) is 24.0 Å². The van der Waals surface area contributed by atoms with E-state index in [0.717, 1.165) is 24.5 Å². The van der Waals surface area contributed by atoms with Gasteiger partial charge < -0.3 is 20.7 Å². The Hall–Kier alpha value is -1.35. The van der Waals surface area contributed by atoms with Crippen LogP contribution in [0.1, 0.15) is 22.8 Å². The van der Waals surface area contributed by atoms with Crippen molar-refractivity contribution >= 4 is 35.8 Å². The maximum absolute atomic E-state index is 11.6. The summed E-state index contributed by atoms with van der Waals surface area (Å²) in [6, 6.07) is 7.81. The van der Waals surface area contributed by atoms with Gasteiger partial charge in [-0.3, -0.25) is 9.79 Å². The van der Waals surface area contributed by atoms with Gasteiger partial charge in [-0.25, -0.2) is 0 Å². The van der Waals surface area contributed by atoms with Crippen LogP contribution in [0.4, 0.5) is 0 Å². The fourth-order valence-corrected chi connectivity index (χ4v) is 2.06. The largest absolute Gasteiger partial charge is 0.383 e. The summed E-state index contributed by atoms with van der Waals surface area (Å²) in [5, 5.41) is 9.12. The van der Waals surface area contributed by atoms with Crippen LogP contribution in [0.15, 0.2) is 29.3 Å². The molecule has 0 aliphatic carbocycles. The van der Waals surface area contributed by atoms with Gasteiger partial charge in [0.15, 0.2) is 5.96 Å². The molecule has 130 valence electrons. The van der Waals surface area contributed by atoms with Crippen molar-refractivity contribution in [3.8, 4) is 0 Å². The van der Waals surface area contributed by atoms with Crippen LogP contribution in [0.5, 0.6) is 0 Å². The Morgan fingerprint density at radius 3 is 2.74 bits per heavy atom. The van der Waals surface area contributed by atoms with Crippen LogP contribution < -0.4 is 16.0 Å². The normalized spacial score (nSPS) is 12.1. The summed E-state index contributed by atoms with van der Waals surface area (Å²) in [5.41, 5.74) is 1.78. The first-order valence-corrected chi connectivity index (χ1v) is 7.37. The molecule has 1 amide bonds. The number of guanidine groups is 1. The van der Waals surface area contributed by atoms with Gasteiger partial charge in [-0.2, -0.15) is 0 Å². The number of carbonyl (C=O) groups excluding carboxylic acids is 1. The Morgan fingerprint density at radius 1 is 1.39 bits per heavy atom. The van der Waals surface area contributed by atoms with Gasteiger partial charge in [0.2, 0.25) is 0 Å². The van der Waals surface area contributed by atoms with E-state index in [4.69, 9.17) is 4.74 Å². The molecule has 0 saturated heterocycles. The van der Waals surface area contributed by atoms with Gasteiger partial charge in [0.05, 0.1) is 6.61 Å². The summed E-state index contributed by atoms with van der Waals surface area (Å²) in [6.45, 7) is 3.38. The molecule has 1 aromatic carbocycles. The van der Waals surface area contributed by atoms with E-state index in [2.05, 4.69) is 20.9 Å². The van der Waals surface area contributed by atoms with Crippen LogP contribution in [-0.2, 0) is 11.2 Å². The Balaban J connectivity index is 0.00000484. The molecule has 1 unspecified atom stereocenters. The lowest BCUT2D eigenvalue weighted by Crippen LogP contribution is -2.44. The van der Waals surface area contributed by atoms with Crippen LogP contribution in [0.25, 0.3) is 0 Å². The molecule has 0 aromatic heterocycles. The molecule has 3 N–H and O–H groups in total. The number of hydrogen-bond acceptors (Lipinski definition) is 3. The van der Waals surface area contributed by atoms with Gasteiger partial charge in [0, 0.05) is 39.4 Å². The average molecular weight is 434 g/mol. The molecule has 6 nitrogen and oxygen atoms in total. The number of benzene rings is 1. The first-order valence-electron chi connectivity index (χ1n) is 7.37. The number of ether oxygens (including phenoxy) is 1. The Kier molecular flexibility index (Phi) is 11.4. The lowest BCUT2D eigenvalue weighted by atomic mass is 10.1. The molecule has 0 radical (unpaired) electrons. The average Bonchev–Trinajstić information content (AvgIpc) is 2.53. The zero-order valence-corrected chi connectivity index (χ0v) is 16.5. The van der Waals surface area contributed by atoms with Gasteiger partial charge in [-0.05, 0) is 31.0 Å². The third kappa shape index (κ3) is 8.17.